The van der Waals surface area contributed by atoms with Crippen LogP contribution in [0.2, 0.25) is 0 Å². The number of hydrogen-bond donors (Lipinski definition) is 4. The molecule has 2 aromatic rings. The number of thioether (sulfide) groups is 1. The van der Waals surface area contributed by atoms with Crippen molar-refractivity contribution in [2.24, 2.45) is 0 Å². The van der Waals surface area contributed by atoms with E-state index in [1.807, 2.05) is 6.26 Å². The molecule has 0 amide bonds. The Morgan fingerprint density at radius 2 is 2.29 bits per heavy atom. The van der Waals surface area contributed by atoms with Gasteiger partial charge in [-0.3, -0.25) is 14.3 Å². The molecular formula is C11H15N5O4S. The van der Waals surface area contributed by atoms with Crippen LogP contribution in [-0.2, 0) is 4.74 Å². The highest BCUT2D eigenvalue weighted by molar-refractivity contribution is 7.98. The van der Waals surface area contributed by atoms with E-state index < -0.39 is 30.1 Å². The first-order valence-corrected chi connectivity index (χ1v) is 7.65. The summed E-state index contributed by atoms with van der Waals surface area (Å²) in [4.78, 5) is 22.1. The largest absolute Gasteiger partial charge is 0.387 e. The second-order valence-electron chi connectivity index (χ2n) is 4.78. The van der Waals surface area contributed by atoms with Crippen molar-refractivity contribution < 1.29 is 14.9 Å². The summed E-state index contributed by atoms with van der Waals surface area (Å²) < 4.78 is 7.08. The fraction of sp³-hybridized carbons (Fsp3) is 0.545. The molecule has 21 heavy (non-hydrogen) atoms. The summed E-state index contributed by atoms with van der Waals surface area (Å²) >= 11 is 1.50. The summed E-state index contributed by atoms with van der Waals surface area (Å²) in [5, 5.41) is 20.2. The van der Waals surface area contributed by atoms with E-state index in [0.717, 1.165) is 0 Å². The molecule has 1 aliphatic rings. The van der Waals surface area contributed by atoms with Gasteiger partial charge in [-0.15, -0.1) is 0 Å². The van der Waals surface area contributed by atoms with Crippen molar-refractivity contribution in [2.75, 3.05) is 17.7 Å². The van der Waals surface area contributed by atoms with Crippen molar-refractivity contribution in [3.8, 4) is 0 Å². The molecule has 10 heteroatoms. The highest BCUT2D eigenvalue weighted by Crippen LogP contribution is 2.32. The SMILES string of the molecule is CSC[C@H]1O[C@@H](n2cnc3c(=O)[nH]c(N)nc32)C(O)C1O. The van der Waals surface area contributed by atoms with Crippen LogP contribution in [0.1, 0.15) is 6.23 Å². The van der Waals surface area contributed by atoms with Crippen molar-refractivity contribution in [3.05, 3.63) is 16.7 Å². The number of fused-ring (bicyclic) bond motifs is 1. The predicted octanol–water partition coefficient (Wildman–Crippen LogP) is -1.32. The number of aliphatic hydroxyl groups excluding tert-OH is 2. The summed E-state index contributed by atoms with van der Waals surface area (Å²) in [5.74, 6) is 0.486. The van der Waals surface area contributed by atoms with Crippen LogP contribution in [0.4, 0.5) is 5.95 Å². The van der Waals surface area contributed by atoms with Crippen molar-refractivity contribution in [1.82, 2.24) is 19.5 Å². The van der Waals surface area contributed by atoms with E-state index in [9.17, 15) is 15.0 Å². The van der Waals surface area contributed by atoms with Crippen LogP contribution < -0.4 is 11.3 Å². The van der Waals surface area contributed by atoms with Crippen LogP contribution in [0.25, 0.3) is 11.2 Å². The van der Waals surface area contributed by atoms with Crippen LogP contribution in [0.3, 0.4) is 0 Å². The molecule has 9 nitrogen and oxygen atoms in total. The lowest BCUT2D eigenvalue weighted by atomic mass is 10.1. The molecule has 0 radical (unpaired) electrons. The van der Waals surface area contributed by atoms with E-state index in [2.05, 4.69) is 15.0 Å². The van der Waals surface area contributed by atoms with Gasteiger partial charge in [0, 0.05) is 5.75 Å². The van der Waals surface area contributed by atoms with Crippen LogP contribution in [0.5, 0.6) is 0 Å². The molecule has 0 bridgehead atoms. The lowest BCUT2D eigenvalue weighted by Gasteiger charge is -2.16. The molecule has 3 heterocycles. The van der Waals surface area contributed by atoms with E-state index in [1.54, 1.807) is 0 Å². The minimum absolute atomic E-state index is 0.0528. The fourth-order valence-electron chi connectivity index (χ4n) is 2.39. The molecule has 3 rings (SSSR count). The third-order valence-corrected chi connectivity index (χ3v) is 4.05. The summed E-state index contributed by atoms with van der Waals surface area (Å²) in [6, 6.07) is 0. The van der Waals surface area contributed by atoms with Crippen molar-refractivity contribution in [3.63, 3.8) is 0 Å². The highest BCUT2D eigenvalue weighted by atomic mass is 32.2. The number of rotatable bonds is 3. The Kier molecular flexibility index (Phi) is 3.61. The first kappa shape index (κ1) is 14.3. The van der Waals surface area contributed by atoms with Gasteiger partial charge in [-0.2, -0.15) is 16.7 Å². The standard InChI is InChI=1S/C11H15N5O4S/c1-21-2-4-6(17)7(18)10(20-4)16-3-13-5-8(16)14-11(12)15-9(5)19/h3-4,6-7,10,17-18H,2H2,1H3,(H3,12,14,15,19)/t4-,6?,7?,10-/m1/s1. The number of ether oxygens (including phenoxy) is 1. The van der Waals surface area contributed by atoms with E-state index >= 15 is 0 Å². The molecule has 114 valence electrons. The van der Waals surface area contributed by atoms with Gasteiger partial charge in [0.25, 0.3) is 5.56 Å². The summed E-state index contributed by atoms with van der Waals surface area (Å²) in [6.45, 7) is 0. The van der Waals surface area contributed by atoms with E-state index in [4.69, 9.17) is 10.5 Å². The van der Waals surface area contributed by atoms with Gasteiger partial charge in [-0.05, 0) is 6.26 Å². The van der Waals surface area contributed by atoms with Gasteiger partial charge in [0.15, 0.2) is 17.4 Å². The second-order valence-corrected chi connectivity index (χ2v) is 5.69. The van der Waals surface area contributed by atoms with Gasteiger partial charge >= 0.3 is 0 Å². The smallest absolute Gasteiger partial charge is 0.280 e. The van der Waals surface area contributed by atoms with Crippen molar-refractivity contribution in [2.45, 2.75) is 24.5 Å². The monoisotopic (exact) mass is 313 g/mol. The summed E-state index contributed by atoms with van der Waals surface area (Å²) in [6.07, 6.45) is -0.299. The molecule has 1 fully saturated rings. The number of nitrogens with zero attached hydrogens (tertiary/aromatic N) is 3. The molecular weight excluding hydrogens is 298 g/mol. The molecule has 4 atom stereocenters. The third kappa shape index (κ3) is 2.29. The number of H-pyrrole nitrogens is 1. The number of hydrogen-bond acceptors (Lipinski definition) is 8. The van der Waals surface area contributed by atoms with Gasteiger partial charge in [-0.25, -0.2) is 4.98 Å². The number of imidazole rings is 1. The molecule has 2 aromatic heterocycles. The maximum absolute atomic E-state index is 11.7. The third-order valence-electron chi connectivity index (χ3n) is 3.39. The Balaban J connectivity index is 2.03. The first-order chi connectivity index (χ1) is 10.0. The van der Waals surface area contributed by atoms with Gasteiger partial charge in [0.2, 0.25) is 5.95 Å². The zero-order valence-corrected chi connectivity index (χ0v) is 11.9. The number of nitrogens with two attached hydrogens (primary N) is 1. The summed E-state index contributed by atoms with van der Waals surface area (Å²) in [5.41, 5.74) is 5.36. The second kappa shape index (κ2) is 5.30. The topological polar surface area (TPSA) is 139 Å². The maximum Gasteiger partial charge on any atom is 0.280 e. The minimum atomic E-state index is -1.14. The van der Waals surface area contributed by atoms with Gasteiger partial charge in [-0.1, -0.05) is 0 Å². The van der Waals surface area contributed by atoms with Crippen molar-refractivity contribution in [1.29, 1.82) is 0 Å². The van der Waals surface area contributed by atoms with E-state index in [0.29, 0.717) is 5.75 Å². The van der Waals surface area contributed by atoms with Crippen LogP contribution in [-0.4, -0.2) is 60.1 Å². The zero-order valence-electron chi connectivity index (χ0n) is 11.1. The van der Waals surface area contributed by atoms with E-state index in [-0.39, 0.29) is 17.1 Å². The minimum Gasteiger partial charge on any atom is -0.387 e. The van der Waals surface area contributed by atoms with Crippen LogP contribution in [0, 0.1) is 0 Å². The number of anilines is 1. The Morgan fingerprint density at radius 1 is 1.52 bits per heavy atom. The van der Waals surface area contributed by atoms with Crippen LogP contribution in [0.15, 0.2) is 11.1 Å². The maximum atomic E-state index is 11.7. The average molecular weight is 313 g/mol. The lowest BCUT2D eigenvalue weighted by Crippen LogP contribution is -2.32. The van der Waals surface area contributed by atoms with Crippen molar-refractivity contribution >= 4 is 28.9 Å². The molecule has 2 unspecified atom stereocenters. The fourth-order valence-corrected chi connectivity index (χ4v) is 2.99. The summed E-state index contributed by atoms with van der Waals surface area (Å²) in [7, 11) is 0. The average Bonchev–Trinajstić information content (AvgIpc) is 2.96. The Labute approximate surface area is 123 Å². The molecule has 1 saturated heterocycles. The number of aliphatic hydroxyl groups is 2. The zero-order chi connectivity index (χ0) is 15.1. The Morgan fingerprint density at radius 3 is 3.00 bits per heavy atom. The molecule has 0 aromatic carbocycles. The quantitative estimate of drug-likeness (QED) is 0.547. The highest BCUT2D eigenvalue weighted by Gasteiger charge is 2.44. The number of nitrogens with one attached hydrogen (secondary N) is 1. The van der Waals surface area contributed by atoms with Gasteiger partial charge < -0.3 is 20.7 Å². The van der Waals surface area contributed by atoms with Crippen LogP contribution >= 0.6 is 11.8 Å². The molecule has 0 spiro atoms. The first-order valence-electron chi connectivity index (χ1n) is 6.25. The molecule has 0 saturated carbocycles. The predicted molar refractivity (Wildman–Crippen MR) is 76.9 cm³/mol. The normalized spacial score (nSPS) is 29.3. The molecule has 1 aliphatic heterocycles. The van der Waals surface area contributed by atoms with Gasteiger partial charge in [0.1, 0.15) is 12.2 Å². The molecule has 0 aliphatic carbocycles. The Hall–Kier alpha value is -1.62. The molecule has 5 N–H and O–H groups in total. The van der Waals surface area contributed by atoms with Gasteiger partial charge in [0.05, 0.1) is 12.4 Å². The lowest BCUT2D eigenvalue weighted by molar-refractivity contribution is -0.0288. The number of nitrogen functional groups attached to an aromatic ring is 1. The Bertz CT molecular complexity index is 716. The van der Waals surface area contributed by atoms with E-state index in [1.165, 1.54) is 22.7 Å². The number of aromatic nitrogens is 4. The number of aromatic amines is 1.